The van der Waals surface area contributed by atoms with Gasteiger partial charge in [0.25, 0.3) is 5.91 Å². The Labute approximate surface area is 197 Å². The monoisotopic (exact) mass is 483 g/mol. The average molecular weight is 484 g/mol. The number of aliphatic imine (C=N–C) groups is 1. The number of nitrogens with one attached hydrogen (secondary N) is 1. The van der Waals surface area contributed by atoms with E-state index in [1.54, 1.807) is 6.08 Å². The van der Waals surface area contributed by atoms with Crippen LogP contribution in [0.1, 0.15) is 5.56 Å². The summed E-state index contributed by atoms with van der Waals surface area (Å²) in [6.45, 7) is 0. The number of rotatable bonds is 5. The molecule has 0 bridgehead atoms. The summed E-state index contributed by atoms with van der Waals surface area (Å²) >= 11 is 6.74. The van der Waals surface area contributed by atoms with Crippen LogP contribution >= 0.6 is 23.4 Å². The molecular formula is C24H16ClF2N3O2S. The van der Waals surface area contributed by atoms with E-state index >= 15 is 0 Å². The van der Waals surface area contributed by atoms with Gasteiger partial charge in [0.05, 0.1) is 17.1 Å². The van der Waals surface area contributed by atoms with Gasteiger partial charge in [0.15, 0.2) is 5.17 Å². The highest BCUT2D eigenvalue weighted by Crippen LogP contribution is 2.30. The molecule has 0 radical (unpaired) electrons. The molecule has 0 unspecified atom stereocenters. The molecule has 0 atom stereocenters. The molecule has 33 heavy (non-hydrogen) atoms. The van der Waals surface area contributed by atoms with Gasteiger partial charge in [-0.2, -0.15) is 0 Å². The minimum absolute atomic E-state index is 0.00510. The van der Waals surface area contributed by atoms with Gasteiger partial charge < -0.3 is 5.32 Å². The van der Waals surface area contributed by atoms with Crippen molar-refractivity contribution in [2.75, 3.05) is 16.0 Å². The fraction of sp³-hybridized carbons (Fsp3) is 0.0417. The van der Waals surface area contributed by atoms with Gasteiger partial charge in [-0.15, -0.1) is 0 Å². The Bertz CT molecular complexity index is 1260. The summed E-state index contributed by atoms with van der Waals surface area (Å²) in [7, 11) is 0. The Morgan fingerprint density at radius 1 is 1.06 bits per heavy atom. The van der Waals surface area contributed by atoms with Crippen molar-refractivity contribution < 1.29 is 18.4 Å². The summed E-state index contributed by atoms with van der Waals surface area (Å²) in [4.78, 5) is 31.2. The first-order valence-corrected chi connectivity index (χ1v) is 11.1. The van der Waals surface area contributed by atoms with E-state index in [9.17, 15) is 18.4 Å². The van der Waals surface area contributed by atoms with Crippen LogP contribution in [0.4, 0.5) is 20.2 Å². The number of amides is 2. The van der Waals surface area contributed by atoms with Gasteiger partial charge in [-0.25, -0.2) is 13.8 Å². The van der Waals surface area contributed by atoms with E-state index in [-0.39, 0.29) is 27.3 Å². The molecule has 166 valence electrons. The number of benzene rings is 3. The molecule has 0 aromatic heterocycles. The number of halogens is 3. The lowest BCUT2D eigenvalue weighted by molar-refractivity contribution is -0.114. The van der Waals surface area contributed by atoms with E-state index in [0.29, 0.717) is 5.69 Å². The third kappa shape index (κ3) is 5.47. The van der Waals surface area contributed by atoms with E-state index in [0.717, 1.165) is 23.4 Å². The zero-order valence-corrected chi connectivity index (χ0v) is 18.5. The van der Waals surface area contributed by atoms with Crippen molar-refractivity contribution in [2.45, 2.75) is 0 Å². The number of carbonyl (C=O) groups excluding carboxylic acids is 2. The lowest BCUT2D eigenvalue weighted by Crippen LogP contribution is -2.31. The molecule has 0 saturated carbocycles. The lowest BCUT2D eigenvalue weighted by Gasteiger charge is -2.17. The van der Waals surface area contributed by atoms with Crippen molar-refractivity contribution in [1.29, 1.82) is 0 Å². The molecule has 5 nitrogen and oxygen atoms in total. The van der Waals surface area contributed by atoms with E-state index in [1.807, 2.05) is 30.3 Å². The third-order valence-corrected chi connectivity index (χ3v) is 5.73. The van der Waals surface area contributed by atoms with Crippen LogP contribution < -0.4 is 10.2 Å². The van der Waals surface area contributed by atoms with Gasteiger partial charge in [0.1, 0.15) is 17.3 Å². The van der Waals surface area contributed by atoms with Crippen LogP contribution in [0.5, 0.6) is 0 Å². The predicted molar refractivity (Wildman–Crippen MR) is 128 cm³/mol. The molecule has 0 fully saturated rings. The summed E-state index contributed by atoms with van der Waals surface area (Å²) < 4.78 is 27.4. The fourth-order valence-electron chi connectivity index (χ4n) is 3.03. The zero-order chi connectivity index (χ0) is 23.4. The number of carbonyl (C=O) groups is 2. The molecule has 1 aliphatic heterocycles. The lowest BCUT2D eigenvalue weighted by atomic mass is 10.2. The quantitative estimate of drug-likeness (QED) is 0.471. The topological polar surface area (TPSA) is 61.8 Å². The molecule has 9 heteroatoms. The molecule has 1 N–H and O–H groups in total. The normalized spacial score (nSPS) is 14.5. The number of amidine groups is 1. The summed E-state index contributed by atoms with van der Waals surface area (Å²) in [6, 6.07) is 18.5. The molecule has 3 aromatic carbocycles. The maximum absolute atomic E-state index is 14.0. The van der Waals surface area contributed by atoms with Crippen molar-refractivity contribution in [3.63, 3.8) is 0 Å². The van der Waals surface area contributed by atoms with Gasteiger partial charge in [-0.05, 0) is 54.1 Å². The average Bonchev–Trinajstić information content (AvgIpc) is 3.10. The number of hydrogen-bond donors (Lipinski definition) is 1. The maximum Gasteiger partial charge on any atom is 0.283 e. The van der Waals surface area contributed by atoms with Crippen molar-refractivity contribution in [1.82, 2.24) is 0 Å². The second-order valence-corrected chi connectivity index (χ2v) is 8.29. The molecule has 1 heterocycles. The summed E-state index contributed by atoms with van der Waals surface area (Å²) in [5.41, 5.74) is 1.37. The van der Waals surface area contributed by atoms with Crippen LogP contribution in [0.15, 0.2) is 83.5 Å². The van der Waals surface area contributed by atoms with Crippen molar-refractivity contribution >= 4 is 57.8 Å². The second-order valence-electron chi connectivity index (χ2n) is 6.91. The summed E-state index contributed by atoms with van der Waals surface area (Å²) in [6.07, 6.45) is 1.63. The molecule has 3 aromatic rings. The Morgan fingerprint density at radius 3 is 2.48 bits per heavy atom. The number of nitrogens with zero attached hydrogens (tertiary/aromatic N) is 2. The van der Waals surface area contributed by atoms with Gasteiger partial charge in [0, 0.05) is 5.02 Å². The molecule has 2 amide bonds. The van der Waals surface area contributed by atoms with E-state index < -0.39 is 23.4 Å². The van der Waals surface area contributed by atoms with Crippen LogP contribution in [-0.2, 0) is 9.59 Å². The zero-order valence-electron chi connectivity index (χ0n) is 17.0. The molecule has 1 aliphatic rings. The number of thioether (sulfide) groups is 1. The first kappa shape index (κ1) is 22.7. The van der Waals surface area contributed by atoms with Crippen molar-refractivity contribution in [2.24, 2.45) is 4.99 Å². The number of hydrogen-bond acceptors (Lipinski definition) is 4. The summed E-state index contributed by atoms with van der Waals surface area (Å²) in [5.74, 6) is -2.13. The van der Waals surface area contributed by atoms with Crippen molar-refractivity contribution in [3.8, 4) is 0 Å². The van der Waals surface area contributed by atoms with Crippen molar-refractivity contribution in [3.05, 3.63) is 101 Å². The van der Waals surface area contributed by atoms with Gasteiger partial charge >= 0.3 is 0 Å². The third-order valence-electron chi connectivity index (χ3n) is 4.55. The minimum Gasteiger partial charge on any atom is -0.323 e. The molecule has 0 aliphatic carbocycles. The summed E-state index contributed by atoms with van der Waals surface area (Å²) in [5, 5.41) is 2.93. The molecule has 0 saturated heterocycles. The SMILES string of the molecule is O=C(CSC1=N/C(=C\c2ccccc2)C(=O)N1c1ccc(F)cc1)Nc1ccc(Cl)cc1F. The first-order chi connectivity index (χ1) is 15.9. The largest absolute Gasteiger partial charge is 0.323 e. The van der Waals surface area contributed by atoms with Crippen LogP contribution in [0, 0.1) is 11.6 Å². The fourth-order valence-corrected chi connectivity index (χ4v) is 4.00. The van der Waals surface area contributed by atoms with Crippen LogP contribution in [0.3, 0.4) is 0 Å². The van der Waals surface area contributed by atoms with Crippen LogP contribution in [0.2, 0.25) is 5.02 Å². The Morgan fingerprint density at radius 2 is 1.79 bits per heavy atom. The number of anilines is 2. The predicted octanol–water partition coefficient (Wildman–Crippen LogP) is 5.73. The molecular weight excluding hydrogens is 468 g/mol. The highest BCUT2D eigenvalue weighted by Gasteiger charge is 2.32. The van der Waals surface area contributed by atoms with E-state index in [4.69, 9.17) is 11.6 Å². The van der Waals surface area contributed by atoms with E-state index in [2.05, 4.69) is 10.3 Å². The van der Waals surface area contributed by atoms with Gasteiger partial charge in [0.2, 0.25) is 5.91 Å². The van der Waals surface area contributed by atoms with Gasteiger partial charge in [-0.1, -0.05) is 53.7 Å². The smallest absolute Gasteiger partial charge is 0.283 e. The Kier molecular flexibility index (Phi) is 6.86. The van der Waals surface area contributed by atoms with Crippen LogP contribution in [0.25, 0.3) is 6.08 Å². The first-order valence-electron chi connectivity index (χ1n) is 9.74. The minimum atomic E-state index is -0.657. The molecule has 0 spiro atoms. The Hall–Kier alpha value is -3.49. The second kappa shape index (κ2) is 9.97. The van der Waals surface area contributed by atoms with Crippen LogP contribution in [-0.4, -0.2) is 22.7 Å². The Balaban J connectivity index is 1.56. The molecule has 4 rings (SSSR count). The van der Waals surface area contributed by atoms with E-state index in [1.165, 1.54) is 41.3 Å². The maximum atomic E-state index is 14.0. The standard InChI is InChI=1S/C24H16ClF2N3O2S/c25-16-6-11-20(19(27)13-16)28-22(31)14-33-24-29-21(12-15-4-2-1-3-5-15)23(32)30(24)18-9-7-17(26)8-10-18/h1-13H,14H2,(H,28,31)/b21-12-. The highest BCUT2D eigenvalue weighted by atomic mass is 35.5. The van der Waals surface area contributed by atoms with Gasteiger partial charge in [-0.3, -0.25) is 14.5 Å². The highest BCUT2D eigenvalue weighted by molar-refractivity contribution is 8.14.